The Bertz CT molecular complexity index is 907. The van der Waals surface area contributed by atoms with Crippen molar-refractivity contribution < 1.29 is 0 Å². The standard InChI is InChI=1S/C18H21N5OS/c1-13(2)23-17(24)8-7-16(20-23)21-9-11-22(12-10-21)18-19-14-5-3-4-6-15(14)25-18/h3-8,13H,9-12H2,1-2H3. The second kappa shape index (κ2) is 6.48. The van der Waals surface area contributed by atoms with E-state index in [1.165, 1.54) is 4.70 Å². The average molecular weight is 355 g/mol. The molecule has 7 heteroatoms. The topological polar surface area (TPSA) is 54.3 Å². The highest BCUT2D eigenvalue weighted by molar-refractivity contribution is 7.22. The quantitative estimate of drug-likeness (QED) is 0.723. The van der Waals surface area contributed by atoms with Crippen molar-refractivity contribution in [3.63, 3.8) is 0 Å². The fraction of sp³-hybridized carbons (Fsp3) is 0.389. The van der Waals surface area contributed by atoms with E-state index >= 15 is 0 Å². The smallest absolute Gasteiger partial charge is 0.267 e. The van der Waals surface area contributed by atoms with Gasteiger partial charge in [0.25, 0.3) is 5.56 Å². The van der Waals surface area contributed by atoms with Gasteiger partial charge in [0.1, 0.15) is 5.82 Å². The summed E-state index contributed by atoms with van der Waals surface area (Å²) in [6, 6.07) is 11.8. The molecule has 2 aromatic heterocycles. The molecule has 0 atom stereocenters. The van der Waals surface area contributed by atoms with Crippen LogP contribution >= 0.6 is 11.3 Å². The predicted octanol–water partition coefficient (Wildman–Crippen LogP) is 2.76. The van der Waals surface area contributed by atoms with E-state index in [1.54, 1.807) is 22.1 Å². The first-order valence-corrected chi connectivity index (χ1v) is 9.39. The lowest BCUT2D eigenvalue weighted by Gasteiger charge is -2.35. The molecular weight excluding hydrogens is 334 g/mol. The van der Waals surface area contributed by atoms with E-state index in [2.05, 4.69) is 33.1 Å². The first kappa shape index (κ1) is 16.1. The van der Waals surface area contributed by atoms with Crippen molar-refractivity contribution in [1.29, 1.82) is 0 Å². The van der Waals surface area contributed by atoms with Gasteiger partial charge < -0.3 is 9.80 Å². The number of nitrogens with zero attached hydrogens (tertiary/aromatic N) is 5. The largest absolute Gasteiger partial charge is 0.352 e. The van der Waals surface area contributed by atoms with Crippen LogP contribution in [0, 0.1) is 0 Å². The van der Waals surface area contributed by atoms with Crippen LogP contribution in [0.5, 0.6) is 0 Å². The molecule has 0 aliphatic carbocycles. The molecule has 0 radical (unpaired) electrons. The molecule has 1 aromatic carbocycles. The lowest BCUT2D eigenvalue weighted by molar-refractivity contribution is 0.497. The van der Waals surface area contributed by atoms with E-state index in [1.807, 2.05) is 26.0 Å². The number of hydrogen-bond donors (Lipinski definition) is 0. The molecule has 3 aromatic rings. The highest BCUT2D eigenvalue weighted by atomic mass is 32.1. The maximum absolute atomic E-state index is 11.9. The van der Waals surface area contributed by atoms with Crippen LogP contribution in [0.4, 0.5) is 10.9 Å². The summed E-state index contributed by atoms with van der Waals surface area (Å²) in [5.41, 5.74) is 1.02. The third-order valence-electron chi connectivity index (χ3n) is 4.46. The number of aromatic nitrogens is 3. The molecule has 25 heavy (non-hydrogen) atoms. The summed E-state index contributed by atoms with van der Waals surface area (Å²) in [5, 5.41) is 5.61. The Morgan fingerprint density at radius 2 is 1.72 bits per heavy atom. The van der Waals surface area contributed by atoms with Gasteiger partial charge in [-0.15, -0.1) is 0 Å². The average Bonchev–Trinajstić information content (AvgIpc) is 3.06. The number of para-hydroxylation sites is 1. The monoisotopic (exact) mass is 355 g/mol. The number of rotatable bonds is 3. The van der Waals surface area contributed by atoms with Crippen molar-refractivity contribution in [2.24, 2.45) is 0 Å². The van der Waals surface area contributed by atoms with Gasteiger partial charge in [0.2, 0.25) is 0 Å². The Labute approximate surface area is 150 Å². The van der Waals surface area contributed by atoms with Crippen LogP contribution in [-0.4, -0.2) is 40.9 Å². The number of piperazine rings is 1. The molecule has 1 fully saturated rings. The van der Waals surface area contributed by atoms with Gasteiger partial charge in [-0.25, -0.2) is 9.67 Å². The Morgan fingerprint density at radius 1 is 1.00 bits per heavy atom. The Kier molecular flexibility index (Phi) is 4.17. The first-order valence-electron chi connectivity index (χ1n) is 8.57. The first-order chi connectivity index (χ1) is 12.1. The number of benzene rings is 1. The van der Waals surface area contributed by atoms with Gasteiger partial charge in [0, 0.05) is 32.2 Å². The summed E-state index contributed by atoms with van der Waals surface area (Å²) < 4.78 is 2.78. The van der Waals surface area contributed by atoms with Crippen molar-refractivity contribution in [1.82, 2.24) is 14.8 Å². The maximum Gasteiger partial charge on any atom is 0.267 e. The molecule has 4 rings (SSSR count). The second-order valence-electron chi connectivity index (χ2n) is 6.51. The molecule has 0 saturated carbocycles. The van der Waals surface area contributed by atoms with Gasteiger partial charge in [0.05, 0.1) is 16.3 Å². The van der Waals surface area contributed by atoms with E-state index in [0.29, 0.717) is 0 Å². The summed E-state index contributed by atoms with van der Waals surface area (Å²) >= 11 is 1.74. The van der Waals surface area contributed by atoms with Gasteiger partial charge in [-0.3, -0.25) is 4.79 Å². The third kappa shape index (κ3) is 3.11. The van der Waals surface area contributed by atoms with Crippen molar-refractivity contribution in [2.45, 2.75) is 19.9 Å². The molecule has 1 aliphatic rings. The summed E-state index contributed by atoms with van der Waals surface area (Å²) in [7, 11) is 0. The molecule has 0 unspecified atom stereocenters. The minimum absolute atomic E-state index is 0.0492. The normalized spacial score (nSPS) is 15.3. The van der Waals surface area contributed by atoms with Crippen LogP contribution in [0.2, 0.25) is 0 Å². The van der Waals surface area contributed by atoms with Gasteiger partial charge in [-0.1, -0.05) is 23.5 Å². The Morgan fingerprint density at radius 3 is 2.44 bits per heavy atom. The highest BCUT2D eigenvalue weighted by Gasteiger charge is 2.21. The van der Waals surface area contributed by atoms with Crippen molar-refractivity contribution in [3.05, 3.63) is 46.8 Å². The van der Waals surface area contributed by atoms with Gasteiger partial charge in [-0.05, 0) is 32.0 Å². The fourth-order valence-electron chi connectivity index (χ4n) is 3.08. The van der Waals surface area contributed by atoms with E-state index < -0.39 is 0 Å². The van der Waals surface area contributed by atoms with Crippen LogP contribution < -0.4 is 15.4 Å². The van der Waals surface area contributed by atoms with Crippen LogP contribution in [0.3, 0.4) is 0 Å². The van der Waals surface area contributed by atoms with Crippen molar-refractivity contribution in [3.8, 4) is 0 Å². The highest BCUT2D eigenvalue weighted by Crippen LogP contribution is 2.29. The third-order valence-corrected chi connectivity index (χ3v) is 5.55. The maximum atomic E-state index is 11.9. The molecule has 0 amide bonds. The lowest BCUT2D eigenvalue weighted by Crippen LogP contribution is -2.47. The number of fused-ring (bicyclic) bond motifs is 1. The molecular formula is C18H21N5OS. The zero-order valence-electron chi connectivity index (χ0n) is 14.4. The molecule has 0 N–H and O–H groups in total. The van der Waals surface area contributed by atoms with Crippen LogP contribution in [-0.2, 0) is 0 Å². The summed E-state index contributed by atoms with van der Waals surface area (Å²) in [4.78, 5) is 21.2. The van der Waals surface area contributed by atoms with E-state index in [0.717, 1.165) is 42.6 Å². The van der Waals surface area contributed by atoms with E-state index in [-0.39, 0.29) is 11.6 Å². The zero-order valence-corrected chi connectivity index (χ0v) is 15.2. The summed E-state index contributed by atoms with van der Waals surface area (Å²) in [6.45, 7) is 7.51. The molecule has 0 bridgehead atoms. The number of thiazole rings is 1. The number of hydrogen-bond acceptors (Lipinski definition) is 6. The lowest BCUT2D eigenvalue weighted by atomic mass is 10.3. The van der Waals surface area contributed by atoms with Gasteiger partial charge in [-0.2, -0.15) is 5.10 Å². The van der Waals surface area contributed by atoms with Crippen molar-refractivity contribution >= 4 is 32.5 Å². The summed E-state index contributed by atoms with van der Waals surface area (Å²) in [5.74, 6) is 0.872. The van der Waals surface area contributed by atoms with Crippen molar-refractivity contribution in [2.75, 3.05) is 36.0 Å². The molecule has 6 nitrogen and oxygen atoms in total. The predicted molar refractivity (Wildman–Crippen MR) is 103 cm³/mol. The minimum Gasteiger partial charge on any atom is -0.352 e. The fourth-order valence-corrected chi connectivity index (χ4v) is 4.09. The van der Waals surface area contributed by atoms with E-state index in [4.69, 9.17) is 4.98 Å². The minimum atomic E-state index is -0.0492. The molecule has 3 heterocycles. The van der Waals surface area contributed by atoms with Crippen LogP contribution in [0.25, 0.3) is 10.2 Å². The summed E-state index contributed by atoms with van der Waals surface area (Å²) in [6.07, 6.45) is 0. The van der Waals surface area contributed by atoms with E-state index in [9.17, 15) is 4.79 Å². The van der Waals surface area contributed by atoms with Crippen LogP contribution in [0.15, 0.2) is 41.2 Å². The SMILES string of the molecule is CC(C)n1nc(N2CCN(c3nc4ccccc4s3)CC2)ccc1=O. The zero-order chi connectivity index (χ0) is 17.4. The molecule has 130 valence electrons. The molecule has 0 spiro atoms. The Balaban J connectivity index is 1.49. The number of anilines is 2. The molecule has 1 aliphatic heterocycles. The van der Waals surface area contributed by atoms with Gasteiger partial charge >= 0.3 is 0 Å². The Hall–Kier alpha value is -2.41. The van der Waals surface area contributed by atoms with Crippen LogP contribution in [0.1, 0.15) is 19.9 Å². The van der Waals surface area contributed by atoms with Gasteiger partial charge in [0.15, 0.2) is 5.13 Å². The molecule has 1 saturated heterocycles. The second-order valence-corrected chi connectivity index (χ2v) is 7.52.